The van der Waals surface area contributed by atoms with Crippen molar-refractivity contribution in [2.75, 3.05) is 13.2 Å². The van der Waals surface area contributed by atoms with Gasteiger partial charge in [0.05, 0.1) is 19.6 Å². The molecule has 1 N–H and O–H groups in total. The molecular formula is C8H14O4. The van der Waals surface area contributed by atoms with Crippen LogP contribution >= 0.6 is 0 Å². The highest BCUT2D eigenvalue weighted by Crippen LogP contribution is 2.26. The molecule has 4 heteroatoms. The predicted octanol–water partition coefficient (Wildman–Crippen LogP) is 0.0894. The van der Waals surface area contributed by atoms with E-state index < -0.39 is 5.79 Å². The van der Waals surface area contributed by atoms with Crippen LogP contribution in [0.5, 0.6) is 0 Å². The fourth-order valence-corrected chi connectivity index (χ4v) is 1.32. The van der Waals surface area contributed by atoms with E-state index in [2.05, 4.69) is 0 Å². The first-order valence-electron chi connectivity index (χ1n) is 3.98. The van der Waals surface area contributed by atoms with Gasteiger partial charge in [0.25, 0.3) is 0 Å². The van der Waals surface area contributed by atoms with E-state index in [4.69, 9.17) is 14.6 Å². The Kier molecular flexibility index (Phi) is 2.82. The first-order chi connectivity index (χ1) is 5.56. The van der Waals surface area contributed by atoms with Gasteiger partial charge >= 0.3 is 0 Å². The number of hydrogen-bond acceptors (Lipinski definition) is 4. The summed E-state index contributed by atoms with van der Waals surface area (Å²) in [4.78, 5) is 10.8. The van der Waals surface area contributed by atoms with Gasteiger partial charge in [0.2, 0.25) is 0 Å². The van der Waals surface area contributed by atoms with E-state index in [1.54, 1.807) is 6.92 Å². The molecule has 1 aliphatic heterocycles. The number of rotatable bonds is 3. The van der Waals surface area contributed by atoms with Crippen LogP contribution in [0.2, 0.25) is 0 Å². The van der Waals surface area contributed by atoms with Gasteiger partial charge in [0.1, 0.15) is 11.9 Å². The third kappa shape index (κ3) is 2.27. The number of ether oxygens (including phenoxy) is 2. The molecule has 0 amide bonds. The molecule has 4 nitrogen and oxygen atoms in total. The average Bonchev–Trinajstić information content (AvgIpc) is 2.30. The molecule has 0 aromatic heterocycles. The highest BCUT2D eigenvalue weighted by Gasteiger charge is 2.37. The molecular weight excluding hydrogens is 160 g/mol. The molecule has 70 valence electrons. The Balaban J connectivity index is 2.46. The molecule has 0 bridgehead atoms. The van der Waals surface area contributed by atoms with E-state index in [9.17, 15) is 4.79 Å². The molecule has 1 aliphatic rings. The standard InChI is InChI=1S/C8H14O4/c1-6(10)3-8(2)11-5-7(4-9)12-8/h7,9H,3-5H2,1-2H3/t7-,8+/m0/s1. The predicted molar refractivity (Wildman–Crippen MR) is 41.6 cm³/mol. The van der Waals surface area contributed by atoms with E-state index in [1.807, 2.05) is 0 Å². The molecule has 2 atom stereocenters. The number of ketones is 1. The third-order valence-electron chi connectivity index (χ3n) is 1.76. The maximum absolute atomic E-state index is 10.8. The molecule has 1 heterocycles. The van der Waals surface area contributed by atoms with Crippen LogP contribution in [0.4, 0.5) is 0 Å². The van der Waals surface area contributed by atoms with Gasteiger partial charge in [-0.3, -0.25) is 4.79 Å². The Morgan fingerprint density at radius 3 is 2.83 bits per heavy atom. The summed E-state index contributed by atoms with van der Waals surface area (Å²) >= 11 is 0. The molecule has 0 aromatic rings. The second-order valence-electron chi connectivity index (χ2n) is 3.25. The van der Waals surface area contributed by atoms with Crippen LogP contribution in [-0.4, -0.2) is 36.0 Å². The lowest BCUT2D eigenvalue weighted by molar-refractivity contribution is -0.167. The Labute approximate surface area is 71.5 Å². The van der Waals surface area contributed by atoms with Crippen LogP contribution in [0.3, 0.4) is 0 Å². The second-order valence-corrected chi connectivity index (χ2v) is 3.25. The minimum Gasteiger partial charge on any atom is -0.394 e. The SMILES string of the molecule is CC(=O)C[C@]1(C)OC[C@H](CO)O1. The fourth-order valence-electron chi connectivity index (χ4n) is 1.32. The Hall–Kier alpha value is -0.450. The molecule has 0 aromatic carbocycles. The first-order valence-corrected chi connectivity index (χ1v) is 3.98. The maximum atomic E-state index is 10.8. The van der Waals surface area contributed by atoms with Crippen molar-refractivity contribution in [1.82, 2.24) is 0 Å². The van der Waals surface area contributed by atoms with Gasteiger partial charge in [-0.1, -0.05) is 0 Å². The number of hydrogen-bond donors (Lipinski definition) is 1. The second kappa shape index (κ2) is 3.51. The van der Waals surface area contributed by atoms with Gasteiger partial charge in [-0.25, -0.2) is 0 Å². The molecule has 0 spiro atoms. The summed E-state index contributed by atoms with van der Waals surface area (Å²) in [6.45, 7) is 3.50. The van der Waals surface area contributed by atoms with Crippen molar-refractivity contribution in [2.45, 2.75) is 32.2 Å². The fraction of sp³-hybridized carbons (Fsp3) is 0.875. The molecule has 0 aliphatic carbocycles. The van der Waals surface area contributed by atoms with Gasteiger partial charge in [-0.2, -0.15) is 0 Å². The summed E-state index contributed by atoms with van der Waals surface area (Å²) in [5.74, 6) is -0.796. The van der Waals surface area contributed by atoms with Crippen molar-refractivity contribution < 1.29 is 19.4 Å². The van der Waals surface area contributed by atoms with Gasteiger partial charge < -0.3 is 14.6 Å². The Bertz CT molecular complexity index is 180. The van der Waals surface area contributed by atoms with Gasteiger partial charge in [0, 0.05) is 0 Å². The van der Waals surface area contributed by atoms with Gasteiger partial charge in [0.15, 0.2) is 5.79 Å². The highest BCUT2D eigenvalue weighted by atomic mass is 16.7. The number of aliphatic hydroxyl groups is 1. The van der Waals surface area contributed by atoms with E-state index >= 15 is 0 Å². The normalized spacial score (nSPS) is 35.4. The van der Waals surface area contributed by atoms with Crippen molar-refractivity contribution in [1.29, 1.82) is 0 Å². The van der Waals surface area contributed by atoms with Crippen molar-refractivity contribution in [3.8, 4) is 0 Å². The summed E-state index contributed by atoms with van der Waals surface area (Å²) in [7, 11) is 0. The van der Waals surface area contributed by atoms with Crippen LogP contribution < -0.4 is 0 Å². The molecule has 0 saturated carbocycles. The summed E-state index contributed by atoms with van der Waals surface area (Å²) in [5, 5.41) is 8.74. The average molecular weight is 174 g/mol. The molecule has 1 fully saturated rings. The summed E-state index contributed by atoms with van der Waals surface area (Å²) in [6, 6.07) is 0. The number of aliphatic hydroxyl groups excluding tert-OH is 1. The Morgan fingerprint density at radius 2 is 2.42 bits per heavy atom. The molecule has 0 radical (unpaired) electrons. The minimum atomic E-state index is -0.820. The molecule has 12 heavy (non-hydrogen) atoms. The summed E-state index contributed by atoms with van der Waals surface area (Å²) in [6.07, 6.45) is -0.0434. The lowest BCUT2D eigenvalue weighted by Crippen LogP contribution is -2.29. The largest absolute Gasteiger partial charge is 0.394 e. The topological polar surface area (TPSA) is 55.8 Å². The van der Waals surface area contributed by atoms with Crippen molar-refractivity contribution in [2.24, 2.45) is 0 Å². The minimum absolute atomic E-state index is 0.0242. The summed E-state index contributed by atoms with van der Waals surface area (Å²) in [5.41, 5.74) is 0. The maximum Gasteiger partial charge on any atom is 0.173 e. The zero-order valence-corrected chi connectivity index (χ0v) is 7.37. The van der Waals surface area contributed by atoms with Crippen LogP contribution in [-0.2, 0) is 14.3 Å². The van der Waals surface area contributed by atoms with Crippen LogP contribution in [0.15, 0.2) is 0 Å². The molecule has 1 rings (SSSR count). The van der Waals surface area contributed by atoms with E-state index in [1.165, 1.54) is 6.92 Å². The van der Waals surface area contributed by atoms with E-state index in [-0.39, 0.29) is 24.9 Å². The van der Waals surface area contributed by atoms with Crippen LogP contribution in [0.25, 0.3) is 0 Å². The number of Topliss-reactive ketones (excluding diaryl/α,β-unsaturated/α-hetero) is 1. The highest BCUT2D eigenvalue weighted by molar-refractivity contribution is 5.76. The van der Waals surface area contributed by atoms with Crippen molar-refractivity contribution in [3.63, 3.8) is 0 Å². The third-order valence-corrected chi connectivity index (χ3v) is 1.76. The van der Waals surface area contributed by atoms with Gasteiger partial charge in [-0.15, -0.1) is 0 Å². The van der Waals surface area contributed by atoms with Gasteiger partial charge in [-0.05, 0) is 13.8 Å². The quantitative estimate of drug-likeness (QED) is 0.658. The van der Waals surface area contributed by atoms with Crippen molar-refractivity contribution in [3.05, 3.63) is 0 Å². The monoisotopic (exact) mass is 174 g/mol. The first kappa shape index (κ1) is 9.64. The smallest absolute Gasteiger partial charge is 0.173 e. The number of carbonyl (C=O) groups is 1. The number of carbonyl (C=O) groups excluding carboxylic acids is 1. The lowest BCUT2D eigenvalue weighted by atomic mass is 10.2. The zero-order chi connectivity index (χ0) is 9.19. The van der Waals surface area contributed by atoms with Crippen LogP contribution in [0.1, 0.15) is 20.3 Å². The van der Waals surface area contributed by atoms with Crippen LogP contribution in [0, 0.1) is 0 Å². The molecule has 0 unspecified atom stereocenters. The molecule has 1 saturated heterocycles. The van der Waals surface area contributed by atoms with Crippen molar-refractivity contribution >= 4 is 5.78 Å². The Morgan fingerprint density at radius 1 is 1.75 bits per heavy atom. The van der Waals surface area contributed by atoms with E-state index in [0.29, 0.717) is 6.61 Å². The van der Waals surface area contributed by atoms with E-state index in [0.717, 1.165) is 0 Å². The lowest BCUT2D eigenvalue weighted by Gasteiger charge is -2.21. The summed E-state index contributed by atoms with van der Waals surface area (Å²) < 4.78 is 10.6. The zero-order valence-electron chi connectivity index (χ0n) is 7.37.